The van der Waals surface area contributed by atoms with Crippen LogP contribution >= 0.6 is 0 Å². The molecule has 0 aliphatic heterocycles. The van der Waals surface area contributed by atoms with Crippen molar-refractivity contribution in [2.45, 2.75) is 63.8 Å². The maximum atomic E-state index is 13.5. The second-order valence-electron chi connectivity index (χ2n) is 9.05. The number of aryl methyl sites for hydroxylation is 1. The van der Waals surface area contributed by atoms with Gasteiger partial charge in [-0.15, -0.1) is 0 Å². The maximum Gasteiger partial charge on any atom is 0.392 e. The van der Waals surface area contributed by atoms with Gasteiger partial charge < -0.3 is 4.90 Å². The van der Waals surface area contributed by atoms with Crippen molar-refractivity contribution in [3.8, 4) is 6.07 Å². The summed E-state index contributed by atoms with van der Waals surface area (Å²) in [5, 5.41) is 7.32. The second kappa shape index (κ2) is 13.0. The average Bonchev–Trinajstić information content (AvgIpc) is 2.79. The normalized spacial score (nSPS) is 20.6. The molecule has 0 aromatic heterocycles. The minimum atomic E-state index is -4.64. The summed E-state index contributed by atoms with van der Waals surface area (Å²) >= 11 is 0. The van der Waals surface area contributed by atoms with Gasteiger partial charge in [0.1, 0.15) is 0 Å². The number of hydrogen-bond donors (Lipinski definition) is 0. The zero-order chi connectivity index (χ0) is 26.1. The Kier molecular flexibility index (Phi) is 10.6. The molecule has 192 valence electrons. The summed E-state index contributed by atoms with van der Waals surface area (Å²) in [6.07, 6.45) is -8.28. The summed E-state index contributed by atoms with van der Waals surface area (Å²) in [6.45, 7) is 3.09. The molecule has 2 unspecified atom stereocenters. The molecular weight excluding hydrogens is 466 g/mol. The summed E-state index contributed by atoms with van der Waals surface area (Å²) in [6, 6.07) is 18.1. The molecule has 0 heterocycles. The first kappa shape index (κ1) is 28.7. The zero-order valence-electron chi connectivity index (χ0n) is 20.0. The molecule has 1 aliphatic carbocycles. The van der Waals surface area contributed by atoms with Crippen LogP contribution in [-0.4, -0.2) is 30.8 Å². The fourth-order valence-corrected chi connectivity index (χ4v) is 4.83. The number of nitriles is 1. The van der Waals surface area contributed by atoms with Gasteiger partial charge in [-0.2, -0.15) is 31.6 Å². The van der Waals surface area contributed by atoms with Gasteiger partial charge in [0.2, 0.25) is 0 Å². The molecule has 0 amide bonds. The van der Waals surface area contributed by atoms with Crippen molar-refractivity contribution in [1.29, 1.82) is 5.26 Å². The molecule has 1 aliphatic rings. The Morgan fingerprint density at radius 3 is 1.86 bits per heavy atom. The fraction of sp³-hybridized carbons (Fsp3) is 0.519. The highest BCUT2D eigenvalue weighted by atomic mass is 19.4. The fourth-order valence-electron chi connectivity index (χ4n) is 4.83. The van der Waals surface area contributed by atoms with Crippen LogP contribution in [0.2, 0.25) is 0 Å². The van der Waals surface area contributed by atoms with Crippen LogP contribution in [0.4, 0.5) is 26.3 Å². The highest BCUT2D eigenvalue weighted by Crippen LogP contribution is 2.53. The van der Waals surface area contributed by atoms with Gasteiger partial charge in [0.25, 0.3) is 0 Å². The predicted molar refractivity (Wildman–Crippen MR) is 125 cm³/mol. The van der Waals surface area contributed by atoms with E-state index in [1.807, 2.05) is 25.2 Å². The summed E-state index contributed by atoms with van der Waals surface area (Å²) < 4.78 is 81.3. The molecular formula is C27H32F6N2. The first-order valence-corrected chi connectivity index (χ1v) is 11.7. The second-order valence-corrected chi connectivity index (χ2v) is 9.05. The number of benzene rings is 2. The van der Waals surface area contributed by atoms with Crippen molar-refractivity contribution in [2.24, 2.45) is 11.8 Å². The molecule has 2 nitrogen and oxygen atoms in total. The standard InChI is InChI=1S/C25H29F6N.C2H3N/c1-32(17-19-7-3-2-4-8-19)16-6-9-18-12-14-20(15-13-18)23-21(24(26,27)28)10-5-11-22(23)25(29,30)31;1-2-3/h2-4,7-8,12-15,21-23H,5-6,9-11,16-17H2,1H3;1H3. The van der Waals surface area contributed by atoms with Crippen LogP contribution in [0.1, 0.15) is 55.2 Å². The van der Waals surface area contributed by atoms with Crippen molar-refractivity contribution in [3.05, 3.63) is 71.3 Å². The lowest BCUT2D eigenvalue weighted by molar-refractivity contribution is -0.231. The predicted octanol–water partition coefficient (Wildman–Crippen LogP) is 7.91. The topological polar surface area (TPSA) is 27.0 Å². The Morgan fingerprint density at radius 2 is 1.37 bits per heavy atom. The van der Waals surface area contributed by atoms with Crippen molar-refractivity contribution in [3.63, 3.8) is 0 Å². The molecule has 1 fully saturated rings. The van der Waals surface area contributed by atoms with Gasteiger partial charge in [-0.25, -0.2) is 0 Å². The SMILES string of the molecule is CC#N.CN(CCCc1ccc(C2C(C(F)(F)F)CCCC2C(F)(F)F)cc1)Cc1ccccc1. The Labute approximate surface area is 203 Å². The third-order valence-electron chi connectivity index (χ3n) is 6.40. The van der Waals surface area contributed by atoms with Crippen LogP contribution in [0.3, 0.4) is 0 Å². The highest BCUT2D eigenvalue weighted by Gasteiger charge is 2.56. The van der Waals surface area contributed by atoms with Crippen LogP contribution in [-0.2, 0) is 13.0 Å². The number of alkyl halides is 6. The number of halogens is 6. The van der Waals surface area contributed by atoms with Crippen LogP contribution in [0.5, 0.6) is 0 Å². The molecule has 0 saturated heterocycles. The molecule has 0 bridgehead atoms. The molecule has 0 radical (unpaired) electrons. The van der Waals surface area contributed by atoms with E-state index in [1.54, 1.807) is 18.2 Å². The lowest BCUT2D eigenvalue weighted by atomic mass is 9.68. The van der Waals surface area contributed by atoms with Crippen molar-refractivity contribution >= 4 is 0 Å². The van der Waals surface area contributed by atoms with Crippen LogP contribution in [0.15, 0.2) is 54.6 Å². The molecule has 3 rings (SSSR count). The van der Waals surface area contributed by atoms with Gasteiger partial charge in [-0.1, -0.05) is 61.0 Å². The van der Waals surface area contributed by atoms with E-state index in [0.717, 1.165) is 31.5 Å². The van der Waals surface area contributed by atoms with Gasteiger partial charge in [-0.05, 0) is 56.0 Å². The van der Waals surface area contributed by atoms with Crippen LogP contribution < -0.4 is 0 Å². The van der Waals surface area contributed by atoms with E-state index in [2.05, 4.69) is 17.0 Å². The molecule has 0 spiro atoms. The molecule has 35 heavy (non-hydrogen) atoms. The molecule has 1 saturated carbocycles. The summed E-state index contributed by atoms with van der Waals surface area (Å²) in [4.78, 5) is 2.19. The summed E-state index contributed by atoms with van der Waals surface area (Å²) in [5.74, 6) is -5.49. The summed E-state index contributed by atoms with van der Waals surface area (Å²) in [5.41, 5.74) is 2.27. The maximum absolute atomic E-state index is 13.5. The van der Waals surface area contributed by atoms with E-state index in [9.17, 15) is 26.3 Å². The third kappa shape index (κ3) is 8.88. The largest absolute Gasteiger partial charge is 0.392 e. The minimum Gasteiger partial charge on any atom is -0.302 e. The van der Waals surface area contributed by atoms with Crippen LogP contribution in [0.25, 0.3) is 0 Å². The Hall–Kier alpha value is -2.53. The third-order valence-corrected chi connectivity index (χ3v) is 6.40. The zero-order valence-corrected chi connectivity index (χ0v) is 20.0. The number of rotatable bonds is 7. The first-order valence-electron chi connectivity index (χ1n) is 11.7. The average molecular weight is 499 g/mol. The van der Waals surface area contributed by atoms with E-state index < -0.39 is 30.1 Å². The minimum absolute atomic E-state index is 0.0561. The van der Waals surface area contributed by atoms with Gasteiger partial charge in [0.15, 0.2) is 0 Å². The lowest BCUT2D eigenvalue weighted by Crippen LogP contribution is -2.42. The number of nitrogens with zero attached hydrogens (tertiary/aromatic N) is 2. The Balaban J connectivity index is 0.00000137. The van der Waals surface area contributed by atoms with Gasteiger partial charge in [0.05, 0.1) is 17.9 Å². The first-order chi connectivity index (χ1) is 16.5. The Bertz CT molecular complexity index is 894. The van der Waals surface area contributed by atoms with E-state index in [1.165, 1.54) is 24.6 Å². The van der Waals surface area contributed by atoms with Gasteiger partial charge in [0, 0.05) is 19.4 Å². The van der Waals surface area contributed by atoms with E-state index in [4.69, 9.17) is 5.26 Å². The molecule has 2 aromatic rings. The number of hydrogen-bond acceptors (Lipinski definition) is 2. The van der Waals surface area contributed by atoms with Crippen molar-refractivity contribution in [2.75, 3.05) is 13.6 Å². The van der Waals surface area contributed by atoms with Gasteiger partial charge >= 0.3 is 12.4 Å². The van der Waals surface area contributed by atoms with E-state index in [0.29, 0.717) is 0 Å². The van der Waals surface area contributed by atoms with Crippen molar-refractivity contribution in [1.82, 2.24) is 4.90 Å². The molecule has 2 aromatic carbocycles. The quantitative estimate of drug-likeness (QED) is 0.363. The molecule has 2 atom stereocenters. The van der Waals surface area contributed by atoms with Crippen LogP contribution in [0, 0.1) is 23.2 Å². The van der Waals surface area contributed by atoms with E-state index in [-0.39, 0.29) is 24.8 Å². The molecule has 8 heteroatoms. The Morgan fingerprint density at radius 1 is 0.857 bits per heavy atom. The monoisotopic (exact) mass is 498 g/mol. The molecule has 0 N–H and O–H groups in total. The van der Waals surface area contributed by atoms with E-state index >= 15 is 0 Å². The van der Waals surface area contributed by atoms with Crippen molar-refractivity contribution < 1.29 is 26.3 Å². The lowest BCUT2D eigenvalue weighted by Gasteiger charge is -2.40. The smallest absolute Gasteiger partial charge is 0.302 e. The van der Waals surface area contributed by atoms with Gasteiger partial charge in [-0.3, -0.25) is 0 Å². The summed E-state index contributed by atoms with van der Waals surface area (Å²) in [7, 11) is 2.02. The highest BCUT2D eigenvalue weighted by molar-refractivity contribution is 5.28.